The molecule has 0 radical (unpaired) electrons. The lowest BCUT2D eigenvalue weighted by molar-refractivity contribution is -0.386. The molecule has 3 aromatic rings. The normalized spacial score (nSPS) is 23.1. The molecule has 3 unspecified atom stereocenters. The lowest BCUT2D eigenvalue weighted by Crippen LogP contribution is -2.43. The van der Waals surface area contributed by atoms with Crippen molar-refractivity contribution < 1.29 is 24.1 Å². The summed E-state index contributed by atoms with van der Waals surface area (Å²) in [6, 6.07) is 29.5. The Morgan fingerprint density at radius 3 is 1.84 bits per heavy atom. The Kier molecular flexibility index (Phi) is 7.46. The Balaban J connectivity index is 1.36. The Morgan fingerprint density at radius 2 is 1.26 bits per heavy atom. The van der Waals surface area contributed by atoms with Gasteiger partial charge in [-0.25, -0.2) is 0 Å². The molecule has 0 amide bonds. The summed E-state index contributed by atoms with van der Waals surface area (Å²) in [5.74, 6) is -1.83. The fraction of sp³-hybridized carbons (Fsp3) is 0.308. The summed E-state index contributed by atoms with van der Waals surface area (Å²) in [4.78, 5) is 0. The second-order valence-electron chi connectivity index (χ2n) is 7.67. The molecule has 0 saturated carbocycles. The van der Waals surface area contributed by atoms with Crippen LogP contribution in [0.1, 0.15) is 23.1 Å². The smallest absolute Gasteiger partial charge is 0.309 e. The van der Waals surface area contributed by atoms with Crippen LogP contribution in [-0.2, 0) is 38.8 Å². The third-order valence-corrected chi connectivity index (χ3v) is 5.22. The van der Waals surface area contributed by atoms with Crippen LogP contribution in [0.15, 0.2) is 91.0 Å². The predicted octanol–water partition coefficient (Wildman–Crippen LogP) is 4.44. The molecule has 0 aromatic heterocycles. The molecule has 0 aliphatic carbocycles. The first-order valence-corrected chi connectivity index (χ1v) is 10.6. The molecular weight excluding hydrogens is 392 g/mol. The van der Waals surface area contributed by atoms with Gasteiger partial charge in [-0.1, -0.05) is 91.0 Å². The van der Waals surface area contributed by atoms with E-state index in [1.165, 1.54) is 0 Å². The van der Waals surface area contributed by atoms with Gasteiger partial charge in [-0.15, -0.1) is 0 Å². The molecule has 3 atom stereocenters. The van der Waals surface area contributed by atoms with Crippen molar-refractivity contribution in [3.63, 3.8) is 0 Å². The van der Waals surface area contributed by atoms with Gasteiger partial charge < -0.3 is 24.1 Å². The quantitative estimate of drug-likeness (QED) is 0.492. The lowest BCUT2D eigenvalue weighted by atomic mass is 10.1. The van der Waals surface area contributed by atoms with Crippen molar-refractivity contribution in [1.29, 1.82) is 0 Å². The van der Waals surface area contributed by atoms with Gasteiger partial charge in [-0.05, 0) is 16.7 Å². The van der Waals surface area contributed by atoms with Crippen LogP contribution in [0.4, 0.5) is 0 Å². The summed E-state index contributed by atoms with van der Waals surface area (Å²) in [6.07, 6.45) is -0.473. The SMILES string of the molecule is OC1(OCc2ccccc2)OC(COCc2ccccc2)CC1OCc1ccccc1. The minimum absolute atomic E-state index is 0.222. The topological polar surface area (TPSA) is 57.2 Å². The standard InChI is InChI=1S/C26H28O5/c27-26(30-19-23-14-8-3-9-15-23)25(29-18-22-12-6-2-7-13-22)16-24(31-26)20-28-17-21-10-4-1-5-11-21/h1-15,24-25,27H,16-20H2. The number of rotatable bonds is 10. The molecule has 3 aromatic carbocycles. The second kappa shape index (κ2) is 10.7. The first kappa shape index (κ1) is 21.7. The molecule has 5 heteroatoms. The number of hydrogen-bond donors (Lipinski definition) is 1. The average Bonchev–Trinajstić information content (AvgIpc) is 3.14. The third kappa shape index (κ3) is 6.23. The molecule has 5 nitrogen and oxygen atoms in total. The van der Waals surface area contributed by atoms with Gasteiger partial charge in [0.15, 0.2) is 0 Å². The lowest BCUT2D eigenvalue weighted by Gasteiger charge is -2.28. The summed E-state index contributed by atoms with van der Waals surface area (Å²) < 4.78 is 23.6. The molecule has 4 rings (SSSR count). The van der Waals surface area contributed by atoms with Crippen LogP contribution in [0, 0.1) is 0 Å². The van der Waals surface area contributed by atoms with Crippen LogP contribution in [-0.4, -0.2) is 29.9 Å². The van der Waals surface area contributed by atoms with Crippen molar-refractivity contribution >= 4 is 0 Å². The zero-order valence-electron chi connectivity index (χ0n) is 17.4. The second-order valence-corrected chi connectivity index (χ2v) is 7.67. The number of aliphatic hydroxyl groups is 1. The van der Waals surface area contributed by atoms with Crippen LogP contribution < -0.4 is 0 Å². The van der Waals surface area contributed by atoms with Crippen LogP contribution in [0.25, 0.3) is 0 Å². The van der Waals surface area contributed by atoms with E-state index in [4.69, 9.17) is 18.9 Å². The van der Waals surface area contributed by atoms with Crippen molar-refractivity contribution in [3.05, 3.63) is 108 Å². The highest BCUT2D eigenvalue weighted by molar-refractivity contribution is 5.15. The predicted molar refractivity (Wildman–Crippen MR) is 117 cm³/mol. The maximum Gasteiger partial charge on any atom is 0.309 e. The van der Waals surface area contributed by atoms with E-state index < -0.39 is 12.1 Å². The first-order valence-electron chi connectivity index (χ1n) is 10.6. The van der Waals surface area contributed by atoms with Gasteiger partial charge in [-0.2, -0.15) is 0 Å². The van der Waals surface area contributed by atoms with E-state index in [2.05, 4.69) is 0 Å². The van der Waals surface area contributed by atoms with Crippen molar-refractivity contribution in [2.75, 3.05) is 6.61 Å². The van der Waals surface area contributed by atoms with E-state index in [0.29, 0.717) is 26.2 Å². The molecule has 1 fully saturated rings. The fourth-order valence-corrected chi connectivity index (χ4v) is 3.57. The average molecular weight is 421 g/mol. The minimum Gasteiger partial charge on any atom is -0.374 e. The van der Waals surface area contributed by atoms with Crippen molar-refractivity contribution in [3.8, 4) is 0 Å². The minimum atomic E-state index is -1.83. The Morgan fingerprint density at radius 1 is 0.742 bits per heavy atom. The molecule has 1 aliphatic rings. The summed E-state index contributed by atoms with van der Waals surface area (Å²) in [5.41, 5.74) is 3.06. The van der Waals surface area contributed by atoms with E-state index >= 15 is 0 Å². The highest BCUT2D eigenvalue weighted by Crippen LogP contribution is 2.34. The Labute approximate surface area is 183 Å². The van der Waals surface area contributed by atoms with Gasteiger partial charge in [0.25, 0.3) is 0 Å². The fourth-order valence-electron chi connectivity index (χ4n) is 3.57. The Hall–Kier alpha value is -2.54. The van der Waals surface area contributed by atoms with Crippen molar-refractivity contribution in [1.82, 2.24) is 0 Å². The summed E-state index contributed by atoms with van der Waals surface area (Å²) in [6.45, 7) is 1.42. The van der Waals surface area contributed by atoms with Gasteiger partial charge in [0.2, 0.25) is 0 Å². The molecule has 31 heavy (non-hydrogen) atoms. The molecular formula is C26H28O5. The van der Waals surface area contributed by atoms with E-state index in [0.717, 1.165) is 16.7 Å². The zero-order chi connectivity index (χ0) is 21.4. The van der Waals surface area contributed by atoms with Gasteiger partial charge in [0.05, 0.1) is 32.5 Å². The molecule has 1 heterocycles. The first-order chi connectivity index (χ1) is 15.2. The number of benzene rings is 3. The molecule has 1 aliphatic heterocycles. The monoisotopic (exact) mass is 420 g/mol. The highest BCUT2D eigenvalue weighted by atomic mass is 16.8. The van der Waals surface area contributed by atoms with Crippen LogP contribution in [0.3, 0.4) is 0 Å². The van der Waals surface area contributed by atoms with E-state index in [1.807, 2.05) is 91.0 Å². The van der Waals surface area contributed by atoms with Gasteiger partial charge in [0, 0.05) is 6.42 Å². The van der Waals surface area contributed by atoms with Gasteiger partial charge >= 0.3 is 5.97 Å². The number of ether oxygens (including phenoxy) is 4. The van der Waals surface area contributed by atoms with Gasteiger partial charge in [-0.3, -0.25) is 0 Å². The maximum atomic E-state index is 11.2. The molecule has 0 bridgehead atoms. The molecule has 1 saturated heterocycles. The van der Waals surface area contributed by atoms with Gasteiger partial charge in [0.1, 0.15) is 6.10 Å². The van der Waals surface area contributed by atoms with Crippen LogP contribution >= 0.6 is 0 Å². The Bertz CT molecular complexity index is 903. The summed E-state index contributed by atoms with van der Waals surface area (Å²) >= 11 is 0. The summed E-state index contributed by atoms with van der Waals surface area (Å²) in [7, 11) is 0. The van der Waals surface area contributed by atoms with Crippen molar-refractivity contribution in [2.45, 2.75) is 44.4 Å². The van der Waals surface area contributed by atoms with E-state index in [9.17, 15) is 5.11 Å². The van der Waals surface area contributed by atoms with E-state index in [1.54, 1.807) is 0 Å². The zero-order valence-corrected chi connectivity index (χ0v) is 17.4. The molecule has 0 spiro atoms. The molecule has 162 valence electrons. The maximum absolute atomic E-state index is 11.2. The largest absolute Gasteiger partial charge is 0.374 e. The van der Waals surface area contributed by atoms with Crippen LogP contribution in [0.2, 0.25) is 0 Å². The third-order valence-electron chi connectivity index (χ3n) is 5.22. The van der Waals surface area contributed by atoms with Crippen LogP contribution in [0.5, 0.6) is 0 Å². The van der Waals surface area contributed by atoms with E-state index in [-0.39, 0.29) is 12.7 Å². The highest BCUT2D eigenvalue weighted by Gasteiger charge is 2.50. The number of hydrogen-bond acceptors (Lipinski definition) is 5. The molecule has 1 N–H and O–H groups in total. The summed E-state index contributed by atoms with van der Waals surface area (Å²) in [5, 5.41) is 11.2. The van der Waals surface area contributed by atoms with Crippen molar-refractivity contribution in [2.24, 2.45) is 0 Å².